The highest BCUT2D eigenvalue weighted by Gasteiger charge is 2.24. The minimum atomic E-state index is -0.478. The number of carbonyl (C=O) groups is 1. The standard InChI is InChI=1S/C26H37NO4/c1-5-7-23(8-6-2)26(28)31-25(17-27-20(3)4)19-30-24-13-11-21(12-14-24)15-16-29-18-22-9-10-22/h1-2,11,13-14,20-23,25,27H,7-10,12,15-19H2,3-4H3. The quantitative estimate of drug-likeness (QED) is 0.244. The van der Waals surface area contributed by atoms with Gasteiger partial charge in [0.25, 0.3) is 0 Å². The third kappa shape index (κ3) is 10.6. The van der Waals surface area contributed by atoms with E-state index in [2.05, 4.69) is 29.3 Å². The van der Waals surface area contributed by atoms with E-state index in [0.717, 1.165) is 37.7 Å². The van der Waals surface area contributed by atoms with Gasteiger partial charge in [-0.05, 0) is 49.7 Å². The second-order valence-electron chi connectivity index (χ2n) is 8.71. The van der Waals surface area contributed by atoms with E-state index in [4.69, 9.17) is 27.1 Å². The first-order valence-electron chi connectivity index (χ1n) is 11.4. The Hall–Kier alpha value is -2.21. The Morgan fingerprint density at radius 3 is 2.58 bits per heavy atom. The maximum absolute atomic E-state index is 12.5. The number of hydrogen-bond acceptors (Lipinski definition) is 5. The van der Waals surface area contributed by atoms with Gasteiger partial charge < -0.3 is 19.5 Å². The molecule has 170 valence electrons. The number of hydrogen-bond donors (Lipinski definition) is 1. The van der Waals surface area contributed by atoms with Gasteiger partial charge >= 0.3 is 5.97 Å². The first-order valence-corrected chi connectivity index (χ1v) is 11.4. The smallest absolute Gasteiger partial charge is 0.311 e. The number of terminal acetylenes is 2. The van der Waals surface area contributed by atoms with Crippen LogP contribution in [0.4, 0.5) is 0 Å². The van der Waals surface area contributed by atoms with E-state index in [1.807, 2.05) is 19.9 Å². The molecular weight excluding hydrogens is 390 g/mol. The summed E-state index contributed by atoms with van der Waals surface area (Å²) in [5.41, 5.74) is 0. The van der Waals surface area contributed by atoms with Crippen molar-refractivity contribution in [3.63, 3.8) is 0 Å². The van der Waals surface area contributed by atoms with Gasteiger partial charge in [0.2, 0.25) is 0 Å². The molecule has 2 atom stereocenters. The Morgan fingerprint density at radius 2 is 2.00 bits per heavy atom. The lowest BCUT2D eigenvalue weighted by Gasteiger charge is -2.23. The lowest BCUT2D eigenvalue weighted by molar-refractivity contribution is -0.155. The maximum Gasteiger partial charge on any atom is 0.311 e. The summed E-state index contributed by atoms with van der Waals surface area (Å²) in [6.07, 6.45) is 21.7. The molecule has 2 unspecified atom stereocenters. The molecule has 2 aliphatic rings. The lowest BCUT2D eigenvalue weighted by atomic mass is 9.97. The van der Waals surface area contributed by atoms with Gasteiger partial charge in [0, 0.05) is 38.6 Å². The van der Waals surface area contributed by atoms with Crippen molar-refractivity contribution in [2.45, 2.75) is 64.5 Å². The van der Waals surface area contributed by atoms with Gasteiger partial charge in [-0.1, -0.05) is 19.9 Å². The Kier molecular flexibility index (Phi) is 11.3. The summed E-state index contributed by atoms with van der Waals surface area (Å²) in [7, 11) is 0. The molecule has 0 aromatic rings. The summed E-state index contributed by atoms with van der Waals surface area (Å²) >= 11 is 0. The van der Waals surface area contributed by atoms with E-state index in [1.54, 1.807) is 0 Å². The second-order valence-corrected chi connectivity index (χ2v) is 8.71. The first kappa shape index (κ1) is 25.1. The van der Waals surface area contributed by atoms with E-state index in [1.165, 1.54) is 12.8 Å². The van der Waals surface area contributed by atoms with Crippen molar-refractivity contribution in [1.29, 1.82) is 0 Å². The second kappa shape index (κ2) is 14.0. The van der Waals surface area contributed by atoms with E-state index >= 15 is 0 Å². The Balaban J connectivity index is 1.77. The third-order valence-electron chi connectivity index (χ3n) is 5.37. The Morgan fingerprint density at radius 1 is 1.26 bits per heavy atom. The highest BCUT2D eigenvalue weighted by Crippen LogP contribution is 2.29. The molecule has 0 aliphatic heterocycles. The van der Waals surface area contributed by atoms with Crippen molar-refractivity contribution >= 4 is 5.97 Å². The molecule has 2 aliphatic carbocycles. The molecule has 0 radical (unpaired) electrons. The Labute approximate surface area is 188 Å². The van der Waals surface area contributed by atoms with Crippen LogP contribution < -0.4 is 5.32 Å². The maximum atomic E-state index is 12.5. The zero-order chi connectivity index (χ0) is 22.5. The van der Waals surface area contributed by atoms with Crippen molar-refractivity contribution in [2.75, 3.05) is 26.4 Å². The van der Waals surface area contributed by atoms with Crippen LogP contribution in [0.3, 0.4) is 0 Å². The molecule has 1 saturated carbocycles. The van der Waals surface area contributed by atoms with Crippen LogP contribution in [-0.2, 0) is 19.0 Å². The molecule has 0 aromatic carbocycles. The molecule has 5 nitrogen and oxygen atoms in total. The van der Waals surface area contributed by atoms with Crippen LogP contribution in [0.15, 0.2) is 24.0 Å². The molecule has 0 spiro atoms. The molecule has 0 bridgehead atoms. The van der Waals surface area contributed by atoms with Crippen molar-refractivity contribution in [2.24, 2.45) is 17.8 Å². The van der Waals surface area contributed by atoms with Gasteiger partial charge in [0.15, 0.2) is 0 Å². The van der Waals surface area contributed by atoms with E-state index in [9.17, 15) is 4.79 Å². The van der Waals surface area contributed by atoms with E-state index < -0.39 is 12.0 Å². The minimum Gasteiger partial charge on any atom is -0.490 e. The van der Waals surface area contributed by atoms with Gasteiger partial charge in [-0.2, -0.15) is 0 Å². The first-order chi connectivity index (χ1) is 15.0. The van der Waals surface area contributed by atoms with Crippen molar-refractivity contribution in [1.82, 2.24) is 5.32 Å². The topological polar surface area (TPSA) is 56.8 Å². The fourth-order valence-electron chi connectivity index (χ4n) is 3.21. The average molecular weight is 428 g/mol. The molecule has 1 fully saturated rings. The van der Waals surface area contributed by atoms with Crippen LogP contribution in [0.1, 0.15) is 52.4 Å². The summed E-state index contributed by atoms with van der Waals surface area (Å²) in [6.45, 7) is 6.58. The molecule has 1 N–H and O–H groups in total. The van der Waals surface area contributed by atoms with Crippen LogP contribution in [-0.4, -0.2) is 44.5 Å². The van der Waals surface area contributed by atoms with Crippen LogP contribution in [0.25, 0.3) is 0 Å². The van der Waals surface area contributed by atoms with Crippen LogP contribution >= 0.6 is 0 Å². The number of allylic oxidation sites excluding steroid dienone is 3. The van der Waals surface area contributed by atoms with Gasteiger partial charge in [-0.3, -0.25) is 4.79 Å². The summed E-state index contributed by atoms with van der Waals surface area (Å²) < 4.78 is 17.4. The fraction of sp³-hybridized carbons (Fsp3) is 0.654. The minimum absolute atomic E-state index is 0.269. The van der Waals surface area contributed by atoms with Gasteiger partial charge in [0.1, 0.15) is 18.5 Å². The van der Waals surface area contributed by atoms with Gasteiger partial charge in [-0.25, -0.2) is 0 Å². The number of carbonyl (C=O) groups excluding carboxylic acids is 1. The van der Waals surface area contributed by atoms with Crippen LogP contribution in [0, 0.1) is 42.4 Å². The van der Waals surface area contributed by atoms with Crippen molar-refractivity contribution in [3.8, 4) is 24.7 Å². The van der Waals surface area contributed by atoms with Crippen molar-refractivity contribution in [3.05, 3.63) is 24.0 Å². The predicted octanol–water partition coefficient (Wildman–Crippen LogP) is 3.85. The van der Waals surface area contributed by atoms with Crippen molar-refractivity contribution < 1.29 is 19.0 Å². The molecular formula is C26H37NO4. The molecule has 0 saturated heterocycles. The molecule has 2 rings (SSSR count). The van der Waals surface area contributed by atoms with Gasteiger partial charge in [0.05, 0.1) is 5.92 Å². The normalized spacial score (nSPS) is 18.9. The predicted molar refractivity (Wildman–Crippen MR) is 123 cm³/mol. The highest BCUT2D eigenvalue weighted by molar-refractivity contribution is 5.73. The zero-order valence-electron chi connectivity index (χ0n) is 19.0. The van der Waals surface area contributed by atoms with Gasteiger partial charge in [-0.15, -0.1) is 24.7 Å². The largest absolute Gasteiger partial charge is 0.490 e. The number of rotatable bonds is 15. The summed E-state index contributed by atoms with van der Waals surface area (Å²) in [6, 6.07) is 0.269. The lowest BCUT2D eigenvalue weighted by Crippen LogP contribution is -2.38. The SMILES string of the molecule is C#CCC(CC#C)C(=O)OC(CNC(C)C)COC1=CCC(CCOCC2CC2)C=C1. The molecule has 31 heavy (non-hydrogen) atoms. The number of esters is 1. The molecule has 0 amide bonds. The summed E-state index contributed by atoms with van der Waals surface area (Å²) in [4.78, 5) is 12.5. The van der Waals surface area contributed by atoms with E-state index in [0.29, 0.717) is 12.5 Å². The third-order valence-corrected chi connectivity index (χ3v) is 5.37. The van der Waals surface area contributed by atoms with Crippen LogP contribution in [0.2, 0.25) is 0 Å². The summed E-state index contributed by atoms with van der Waals surface area (Å²) in [5.74, 6) is 6.26. The van der Waals surface area contributed by atoms with E-state index in [-0.39, 0.29) is 31.5 Å². The summed E-state index contributed by atoms with van der Waals surface area (Å²) in [5, 5.41) is 3.30. The average Bonchev–Trinajstić information content (AvgIpc) is 3.58. The monoisotopic (exact) mass is 427 g/mol. The molecule has 0 heterocycles. The van der Waals surface area contributed by atoms with Crippen LogP contribution in [0.5, 0.6) is 0 Å². The highest BCUT2D eigenvalue weighted by atomic mass is 16.6. The molecule has 0 aromatic heterocycles. The zero-order valence-corrected chi connectivity index (χ0v) is 19.0. The molecule has 5 heteroatoms. The fourth-order valence-corrected chi connectivity index (χ4v) is 3.21. The number of ether oxygens (including phenoxy) is 3. The number of nitrogens with one attached hydrogen (secondary N) is 1. The Bertz CT molecular complexity index is 677.